The molecule has 1 saturated heterocycles. The summed E-state index contributed by atoms with van der Waals surface area (Å²) in [5.41, 5.74) is 1.02. The summed E-state index contributed by atoms with van der Waals surface area (Å²) in [7, 11) is 1.61. The Labute approximate surface area is 206 Å². The second kappa shape index (κ2) is 11.5. The number of rotatable bonds is 8. The van der Waals surface area contributed by atoms with E-state index in [1.54, 1.807) is 14.0 Å². The average Bonchev–Trinajstić information content (AvgIpc) is 3.03. The van der Waals surface area contributed by atoms with Crippen molar-refractivity contribution in [3.05, 3.63) is 65.5 Å². The normalized spacial score (nSPS) is 21.5. The molecule has 0 saturated carbocycles. The molecule has 192 valence electrons. The van der Waals surface area contributed by atoms with Gasteiger partial charge in [0.25, 0.3) is 5.91 Å². The molecular weight excluding hydrogens is 453 g/mol. The maximum Gasteiger partial charge on any atom is 0.395 e. The van der Waals surface area contributed by atoms with Crippen LogP contribution < -0.4 is 5.32 Å². The molecule has 2 aliphatic rings. The highest BCUT2D eigenvalue weighted by molar-refractivity contribution is 5.94. The van der Waals surface area contributed by atoms with Crippen molar-refractivity contribution in [2.45, 2.75) is 46.2 Å². The van der Waals surface area contributed by atoms with Crippen molar-refractivity contribution in [3.63, 3.8) is 0 Å². The molecule has 0 spiro atoms. The smallest absolute Gasteiger partial charge is 0.395 e. The van der Waals surface area contributed by atoms with E-state index in [9.17, 15) is 18.0 Å². The van der Waals surface area contributed by atoms with Crippen LogP contribution in [0.5, 0.6) is 0 Å². The number of piperidine rings is 1. The van der Waals surface area contributed by atoms with E-state index >= 15 is 0 Å². The topological polar surface area (TPSA) is 41.6 Å². The first kappa shape index (κ1) is 27.1. The van der Waals surface area contributed by atoms with Gasteiger partial charge in [0, 0.05) is 25.1 Å². The highest BCUT2D eigenvalue weighted by Gasteiger charge is 2.50. The van der Waals surface area contributed by atoms with Crippen LogP contribution in [0.1, 0.15) is 56.0 Å². The predicted octanol–water partition coefficient (Wildman–Crippen LogP) is 6.23. The molecule has 1 amide bonds. The standard InChI is InChI=1S/C28H37F3N2O2/c1-5-27(3,28(29,30)31)19-33-16-14-21(15-17-33)18-35-25-13-12-22(7-6-20(25)2)23-8-10-24(11-9-23)26(34)32-4/h6-13,20-21H,5,14-19H2,1-4H3,(H,32,34). The number of benzene rings is 1. The predicted molar refractivity (Wildman–Crippen MR) is 134 cm³/mol. The van der Waals surface area contributed by atoms with Gasteiger partial charge < -0.3 is 15.0 Å². The number of ether oxygens (including phenoxy) is 1. The summed E-state index contributed by atoms with van der Waals surface area (Å²) in [5.74, 6) is 1.23. The first-order valence-corrected chi connectivity index (χ1v) is 12.4. The molecule has 1 aromatic carbocycles. The third-order valence-electron chi connectivity index (χ3n) is 7.38. The molecule has 7 heteroatoms. The summed E-state index contributed by atoms with van der Waals surface area (Å²) < 4.78 is 46.6. The SMILES string of the molecule is CCC(C)(CN1CCC(COC2=CC=C(c3ccc(C(=O)NC)cc3)C=CC2C)CC1)C(F)(F)F. The van der Waals surface area contributed by atoms with Crippen LogP contribution in [0.25, 0.3) is 5.57 Å². The van der Waals surface area contributed by atoms with Crippen LogP contribution in [0.2, 0.25) is 0 Å². The number of nitrogens with zero attached hydrogens (tertiary/aromatic N) is 1. The van der Waals surface area contributed by atoms with E-state index in [4.69, 9.17) is 4.74 Å². The third-order valence-corrected chi connectivity index (χ3v) is 7.38. The Bertz CT molecular complexity index is 957. The van der Waals surface area contributed by atoms with Gasteiger partial charge in [-0.3, -0.25) is 4.79 Å². The van der Waals surface area contributed by atoms with Crippen molar-refractivity contribution >= 4 is 11.5 Å². The van der Waals surface area contributed by atoms with Crippen molar-refractivity contribution in [2.24, 2.45) is 17.3 Å². The quantitative estimate of drug-likeness (QED) is 0.470. The monoisotopic (exact) mass is 490 g/mol. The van der Waals surface area contributed by atoms with Crippen LogP contribution in [0, 0.1) is 17.3 Å². The van der Waals surface area contributed by atoms with Gasteiger partial charge in [-0.1, -0.05) is 44.2 Å². The molecule has 35 heavy (non-hydrogen) atoms. The molecule has 0 aromatic heterocycles. The number of hydrogen-bond acceptors (Lipinski definition) is 3. The Hall–Kier alpha value is -2.54. The first-order chi connectivity index (χ1) is 16.6. The molecule has 1 heterocycles. The molecule has 0 bridgehead atoms. The second-order valence-corrected chi connectivity index (χ2v) is 9.94. The molecule has 1 N–H and O–H groups in total. The molecule has 2 unspecified atom stereocenters. The summed E-state index contributed by atoms with van der Waals surface area (Å²) in [5, 5.41) is 2.62. The number of amides is 1. The van der Waals surface area contributed by atoms with E-state index in [0.29, 0.717) is 31.2 Å². The molecule has 2 atom stereocenters. The lowest BCUT2D eigenvalue weighted by molar-refractivity contribution is -0.225. The van der Waals surface area contributed by atoms with Crippen LogP contribution in [0.15, 0.2) is 54.3 Å². The number of nitrogens with one attached hydrogen (secondary N) is 1. The minimum Gasteiger partial charge on any atom is -0.497 e. The highest BCUT2D eigenvalue weighted by Crippen LogP contribution is 2.42. The zero-order chi connectivity index (χ0) is 25.6. The summed E-state index contributed by atoms with van der Waals surface area (Å²) in [6.45, 7) is 7.00. The molecule has 1 aromatic rings. The van der Waals surface area contributed by atoms with Crippen LogP contribution >= 0.6 is 0 Å². The maximum atomic E-state index is 13.5. The largest absolute Gasteiger partial charge is 0.497 e. The van der Waals surface area contributed by atoms with Gasteiger partial charge in [0.2, 0.25) is 0 Å². The zero-order valence-corrected chi connectivity index (χ0v) is 21.1. The van der Waals surface area contributed by atoms with Crippen LogP contribution in [0.3, 0.4) is 0 Å². The summed E-state index contributed by atoms with van der Waals surface area (Å²) in [4.78, 5) is 13.7. The second-order valence-electron chi connectivity index (χ2n) is 9.94. The fraction of sp³-hybridized carbons (Fsp3) is 0.536. The Morgan fingerprint density at radius 1 is 1.14 bits per heavy atom. The van der Waals surface area contributed by atoms with Crippen molar-refractivity contribution in [1.29, 1.82) is 0 Å². The number of carbonyl (C=O) groups is 1. The van der Waals surface area contributed by atoms with E-state index < -0.39 is 11.6 Å². The van der Waals surface area contributed by atoms with Gasteiger partial charge in [0.1, 0.15) is 5.76 Å². The van der Waals surface area contributed by atoms with E-state index in [-0.39, 0.29) is 24.8 Å². The Kier molecular flexibility index (Phi) is 8.86. The van der Waals surface area contributed by atoms with Crippen molar-refractivity contribution < 1.29 is 22.7 Å². The fourth-order valence-electron chi connectivity index (χ4n) is 4.47. The molecule has 4 nitrogen and oxygen atoms in total. The Morgan fingerprint density at radius 2 is 1.80 bits per heavy atom. The molecule has 1 fully saturated rings. The van der Waals surface area contributed by atoms with Gasteiger partial charge in [-0.05, 0) is 74.5 Å². The van der Waals surface area contributed by atoms with E-state index in [2.05, 4.69) is 24.4 Å². The number of halogens is 3. The van der Waals surface area contributed by atoms with Gasteiger partial charge in [-0.2, -0.15) is 13.2 Å². The molecule has 3 rings (SSSR count). The number of alkyl halides is 3. The average molecular weight is 491 g/mol. The lowest BCUT2D eigenvalue weighted by atomic mass is 9.85. The van der Waals surface area contributed by atoms with Gasteiger partial charge >= 0.3 is 6.18 Å². The lowest BCUT2D eigenvalue weighted by Gasteiger charge is -2.39. The third kappa shape index (κ3) is 6.78. The number of hydrogen-bond donors (Lipinski definition) is 1. The van der Waals surface area contributed by atoms with E-state index in [0.717, 1.165) is 29.7 Å². The van der Waals surface area contributed by atoms with Crippen molar-refractivity contribution in [3.8, 4) is 0 Å². The number of likely N-dealkylation sites (tertiary alicyclic amines) is 1. The van der Waals surface area contributed by atoms with Gasteiger partial charge in [-0.25, -0.2) is 0 Å². The van der Waals surface area contributed by atoms with Crippen LogP contribution in [0.4, 0.5) is 13.2 Å². The summed E-state index contributed by atoms with van der Waals surface area (Å²) >= 11 is 0. The molecule has 1 aliphatic carbocycles. The van der Waals surface area contributed by atoms with Crippen molar-refractivity contribution in [1.82, 2.24) is 10.2 Å². The minimum atomic E-state index is -4.18. The summed E-state index contributed by atoms with van der Waals surface area (Å²) in [6, 6.07) is 7.48. The molecular formula is C28H37F3N2O2. The van der Waals surface area contributed by atoms with Gasteiger partial charge in [0.05, 0.1) is 12.0 Å². The highest BCUT2D eigenvalue weighted by atomic mass is 19.4. The number of allylic oxidation sites excluding steroid dienone is 5. The van der Waals surface area contributed by atoms with E-state index in [1.807, 2.05) is 41.3 Å². The van der Waals surface area contributed by atoms with Crippen LogP contribution in [-0.2, 0) is 4.74 Å². The number of carbonyl (C=O) groups excluding carboxylic acids is 1. The van der Waals surface area contributed by atoms with Crippen molar-refractivity contribution in [2.75, 3.05) is 33.3 Å². The maximum absolute atomic E-state index is 13.5. The van der Waals surface area contributed by atoms with E-state index in [1.165, 1.54) is 6.92 Å². The lowest BCUT2D eigenvalue weighted by Crippen LogP contribution is -2.47. The molecule has 1 aliphatic heterocycles. The van der Waals surface area contributed by atoms with Gasteiger partial charge in [0.15, 0.2) is 0 Å². The minimum absolute atomic E-state index is 0.0607. The Balaban J connectivity index is 1.55. The summed E-state index contributed by atoms with van der Waals surface area (Å²) in [6.07, 6.45) is 5.77. The zero-order valence-electron chi connectivity index (χ0n) is 21.1. The first-order valence-electron chi connectivity index (χ1n) is 12.4. The fourth-order valence-corrected chi connectivity index (χ4v) is 4.47. The Morgan fingerprint density at radius 3 is 2.37 bits per heavy atom. The van der Waals surface area contributed by atoms with Crippen LogP contribution in [-0.4, -0.2) is 50.3 Å². The molecule has 0 radical (unpaired) electrons. The van der Waals surface area contributed by atoms with Gasteiger partial charge in [-0.15, -0.1) is 0 Å².